The van der Waals surface area contributed by atoms with Crippen LogP contribution in [0.2, 0.25) is 5.02 Å². The maximum atomic E-state index is 13.6. The molecule has 354 valence electrons. The van der Waals surface area contributed by atoms with E-state index in [-0.39, 0.29) is 47.7 Å². The van der Waals surface area contributed by atoms with E-state index in [2.05, 4.69) is 41.3 Å². The van der Waals surface area contributed by atoms with Crippen molar-refractivity contribution in [2.75, 3.05) is 80.6 Å². The number of imide groups is 1. The highest BCUT2D eigenvalue weighted by Gasteiger charge is 2.41. The molecule has 67 heavy (non-hydrogen) atoms. The number of benzene rings is 1. The van der Waals surface area contributed by atoms with Gasteiger partial charge >= 0.3 is 0 Å². The number of hydrogen-bond donors (Lipinski definition) is 2. The first kappa shape index (κ1) is 45.3. The molecule has 5 aliphatic heterocycles. The molecule has 0 radical (unpaired) electrons. The Bertz CT molecular complexity index is 2610. The molecule has 6 aliphatic rings. The molecule has 1 saturated carbocycles. The minimum Gasteiger partial charge on any atom is -0.370 e. The number of hydrogen-bond acceptors (Lipinski definition) is 13. The number of rotatable bonds is 12. The first-order valence-electron chi connectivity index (χ1n) is 24.6. The van der Waals surface area contributed by atoms with Gasteiger partial charge in [0.2, 0.25) is 17.8 Å². The zero-order valence-electron chi connectivity index (χ0n) is 38.8. The largest absolute Gasteiger partial charge is 0.370 e. The summed E-state index contributed by atoms with van der Waals surface area (Å²) in [4.78, 5) is 89.3. The number of amides is 3. The Morgan fingerprint density at radius 3 is 2.18 bits per heavy atom. The number of aromatic nitrogens is 4. The molecule has 4 aromatic rings. The lowest BCUT2D eigenvalue weighted by atomic mass is 9.82. The number of anilines is 4. The van der Waals surface area contributed by atoms with E-state index < -0.39 is 11.9 Å². The first-order chi connectivity index (χ1) is 32.5. The number of piperidine rings is 3. The predicted molar refractivity (Wildman–Crippen MR) is 258 cm³/mol. The Kier molecular flexibility index (Phi) is 13.0. The summed E-state index contributed by atoms with van der Waals surface area (Å²) in [6.07, 6.45) is 14.1. The van der Waals surface area contributed by atoms with Crippen molar-refractivity contribution in [3.05, 3.63) is 74.3 Å². The summed E-state index contributed by atoms with van der Waals surface area (Å²) in [5, 5.41) is 6.95. The van der Waals surface area contributed by atoms with Crippen molar-refractivity contribution in [3.63, 3.8) is 0 Å². The Hall–Kier alpha value is -5.45. The van der Waals surface area contributed by atoms with Crippen molar-refractivity contribution >= 4 is 69.3 Å². The molecule has 3 aromatic heterocycles. The summed E-state index contributed by atoms with van der Waals surface area (Å²) >= 11 is 6.99. The van der Waals surface area contributed by atoms with Gasteiger partial charge in [-0.25, -0.2) is 9.97 Å². The molecular weight excluding hydrogens is 870 g/mol. The number of halogens is 1. The maximum absolute atomic E-state index is 13.6. The van der Waals surface area contributed by atoms with Gasteiger partial charge in [0, 0.05) is 94.1 Å². The smallest absolute Gasteiger partial charge is 0.263 e. The zero-order chi connectivity index (χ0) is 46.3. The highest BCUT2D eigenvalue weighted by Crippen LogP contribution is 2.40. The van der Waals surface area contributed by atoms with E-state index >= 15 is 0 Å². The number of fused-ring (bicyclic) bond motifs is 2. The summed E-state index contributed by atoms with van der Waals surface area (Å²) in [5.74, 6) is 1.35. The Labute approximate surface area is 396 Å². The van der Waals surface area contributed by atoms with Crippen molar-refractivity contribution < 1.29 is 19.2 Å². The van der Waals surface area contributed by atoms with Crippen LogP contribution in [0.15, 0.2) is 41.5 Å². The number of Topliss-reactive ketones (excluding diaryl/α,β-unsaturated/α-hetero) is 1. The van der Waals surface area contributed by atoms with Gasteiger partial charge in [-0.05, 0) is 120 Å². The van der Waals surface area contributed by atoms with Gasteiger partial charge in [0.1, 0.15) is 17.5 Å². The van der Waals surface area contributed by atoms with Crippen LogP contribution in [0.3, 0.4) is 0 Å². The standard InChI is InChI=1S/C50H62ClN11O5/c1-31-38-29-53-50(56-46(38)62(35-5-3-4-6-35)49(67)44(31)32(2)63)54-42-11-7-36(28-52-42)59-25-23-58(24-26-59)22-21-57-17-13-33(14-18-57)27-34-15-19-60(20-16-34)40-9-8-37-39(45(40)51)30-61(48(37)66)41-10-12-43(64)55-47(41)65/h7-9,11,28-29,33-35,41H,3-6,10,12-27,30H2,1-2H3,(H,55,64,65)(H,52,53,54,56)/t41-/m0/s1. The number of nitrogens with zero attached hydrogens (tertiary/aromatic N) is 9. The van der Waals surface area contributed by atoms with E-state index in [1.165, 1.54) is 39.3 Å². The van der Waals surface area contributed by atoms with Crippen LogP contribution in [0.5, 0.6) is 0 Å². The van der Waals surface area contributed by atoms with Crippen LogP contribution >= 0.6 is 11.6 Å². The molecule has 1 aliphatic carbocycles. The molecule has 3 amide bonds. The van der Waals surface area contributed by atoms with Crippen molar-refractivity contribution in [2.24, 2.45) is 11.8 Å². The normalized spacial score (nSPS) is 21.7. The minimum atomic E-state index is -0.648. The van der Waals surface area contributed by atoms with Crippen molar-refractivity contribution in [1.82, 2.24) is 39.5 Å². The fourth-order valence-electron chi connectivity index (χ4n) is 11.7. The second kappa shape index (κ2) is 19.3. The van der Waals surface area contributed by atoms with Crippen LogP contribution in [-0.4, -0.2) is 129 Å². The fraction of sp³-hybridized carbons (Fsp3) is 0.560. The van der Waals surface area contributed by atoms with Gasteiger partial charge in [0.25, 0.3) is 11.5 Å². The summed E-state index contributed by atoms with van der Waals surface area (Å²) in [5.41, 5.74) is 4.55. The molecule has 0 bridgehead atoms. The number of aryl methyl sites for hydroxylation is 1. The Morgan fingerprint density at radius 2 is 1.51 bits per heavy atom. The van der Waals surface area contributed by atoms with E-state index in [1.54, 1.807) is 22.6 Å². The SMILES string of the molecule is CC(=O)c1c(C)c2cnc(Nc3ccc(N4CCN(CCN5CCC(CC6CCN(c7ccc8c(c7Cl)CN([C@H]7CCC(=O)NC7=O)C8=O)CC6)CC5)CC4)cn3)nc2n(C2CCCC2)c1=O. The summed E-state index contributed by atoms with van der Waals surface area (Å²) < 4.78 is 1.73. The number of likely N-dealkylation sites (tertiary alicyclic amines) is 1. The molecule has 4 saturated heterocycles. The third-order valence-electron chi connectivity index (χ3n) is 15.7. The molecule has 2 N–H and O–H groups in total. The van der Waals surface area contributed by atoms with Gasteiger partial charge < -0.3 is 24.9 Å². The third kappa shape index (κ3) is 9.28. The zero-order valence-corrected chi connectivity index (χ0v) is 39.5. The van der Waals surface area contributed by atoms with E-state index in [9.17, 15) is 24.0 Å². The summed E-state index contributed by atoms with van der Waals surface area (Å²) in [6.45, 7) is 13.9. The van der Waals surface area contributed by atoms with Crippen LogP contribution < -0.4 is 26.0 Å². The second-order valence-corrected chi connectivity index (χ2v) is 20.1. The number of pyridine rings is 2. The number of carbonyl (C=O) groups is 4. The van der Waals surface area contributed by atoms with Crippen LogP contribution in [0.4, 0.5) is 23.1 Å². The van der Waals surface area contributed by atoms with Gasteiger partial charge in [-0.1, -0.05) is 24.4 Å². The van der Waals surface area contributed by atoms with E-state index in [1.807, 2.05) is 24.4 Å². The summed E-state index contributed by atoms with van der Waals surface area (Å²) in [7, 11) is 0. The van der Waals surface area contributed by atoms with Crippen LogP contribution in [-0.2, 0) is 16.1 Å². The van der Waals surface area contributed by atoms with Crippen LogP contribution in [0, 0.1) is 18.8 Å². The third-order valence-corrected chi connectivity index (χ3v) is 16.1. The molecular formula is C50H62ClN11O5. The second-order valence-electron chi connectivity index (χ2n) is 19.7. The monoisotopic (exact) mass is 931 g/mol. The quantitative estimate of drug-likeness (QED) is 0.123. The Morgan fingerprint density at radius 1 is 0.806 bits per heavy atom. The molecule has 0 spiro atoms. The van der Waals surface area contributed by atoms with Gasteiger partial charge in [0.05, 0.1) is 28.2 Å². The van der Waals surface area contributed by atoms with E-state index in [0.29, 0.717) is 45.9 Å². The van der Waals surface area contributed by atoms with Crippen LogP contribution in [0.25, 0.3) is 11.0 Å². The lowest BCUT2D eigenvalue weighted by molar-refractivity contribution is -0.136. The molecule has 10 rings (SSSR count). The lowest BCUT2D eigenvalue weighted by Gasteiger charge is -2.39. The molecule has 5 fully saturated rings. The van der Waals surface area contributed by atoms with Crippen molar-refractivity contribution in [2.45, 2.75) is 103 Å². The maximum Gasteiger partial charge on any atom is 0.263 e. The molecule has 16 nitrogen and oxygen atoms in total. The van der Waals surface area contributed by atoms with Gasteiger partial charge in [0.15, 0.2) is 5.78 Å². The van der Waals surface area contributed by atoms with Crippen LogP contribution in [0.1, 0.15) is 115 Å². The predicted octanol–water partition coefficient (Wildman–Crippen LogP) is 6.11. The number of carbonyl (C=O) groups excluding carboxylic acids is 4. The average Bonchev–Trinajstić information content (AvgIpc) is 3.98. The topological polar surface area (TPSA) is 169 Å². The summed E-state index contributed by atoms with van der Waals surface area (Å²) in [6, 6.07) is 7.24. The highest BCUT2D eigenvalue weighted by molar-refractivity contribution is 6.35. The molecule has 1 aromatic carbocycles. The van der Waals surface area contributed by atoms with Gasteiger partial charge in [-0.3, -0.25) is 38.8 Å². The molecule has 8 heterocycles. The molecule has 17 heteroatoms. The van der Waals surface area contributed by atoms with Gasteiger partial charge in [-0.15, -0.1) is 0 Å². The average molecular weight is 933 g/mol. The Balaban J connectivity index is 0.647. The van der Waals surface area contributed by atoms with Crippen molar-refractivity contribution in [3.8, 4) is 0 Å². The fourth-order valence-corrected chi connectivity index (χ4v) is 12.1. The number of ketones is 1. The number of piperazine rings is 1. The van der Waals surface area contributed by atoms with E-state index in [4.69, 9.17) is 21.6 Å². The van der Waals surface area contributed by atoms with Crippen molar-refractivity contribution in [1.29, 1.82) is 0 Å². The minimum absolute atomic E-state index is 0.0217. The molecule has 1 atom stereocenters. The number of nitrogens with one attached hydrogen (secondary N) is 2. The van der Waals surface area contributed by atoms with E-state index in [0.717, 1.165) is 119 Å². The lowest BCUT2D eigenvalue weighted by Crippen LogP contribution is -2.52. The first-order valence-corrected chi connectivity index (χ1v) is 24.9. The van der Waals surface area contributed by atoms with Gasteiger partial charge in [-0.2, -0.15) is 4.98 Å². The highest BCUT2D eigenvalue weighted by atomic mass is 35.5. The molecule has 0 unspecified atom stereocenters.